The molecule has 0 radical (unpaired) electrons. The maximum absolute atomic E-state index is 12.8. The highest BCUT2D eigenvalue weighted by molar-refractivity contribution is 7.89. The van der Waals surface area contributed by atoms with Crippen LogP contribution < -0.4 is 9.62 Å². The number of anilines is 1. The SMILES string of the molecule is CC1(C)C2CCC1(CS(=O)(=O)NCc1ccc(N3CCCCC3)cc1)C(=O)C2. The molecular weight excluding hydrogens is 372 g/mol. The van der Waals surface area contributed by atoms with Crippen LogP contribution in [0.1, 0.15) is 57.9 Å². The Labute approximate surface area is 168 Å². The number of sulfonamides is 1. The Morgan fingerprint density at radius 2 is 1.79 bits per heavy atom. The van der Waals surface area contributed by atoms with Crippen LogP contribution in [0.2, 0.25) is 0 Å². The van der Waals surface area contributed by atoms with Crippen LogP contribution in [0.3, 0.4) is 0 Å². The molecule has 3 fully saturated rings. The van der Waals surface area contributed by atoms with E-state index in [9.17, 15) is 13.2 Å². The summed E-state index contributed by atoms with van der Waals surface area (Å²) in [5.74, 6) is 0.399. The first-order valence-electron chi connectivity index (χ1n) is 10.6. The molecular formula is C22H32N2O3S. The number of hydrogen-bond acceptors (Lipinski definition) is 4. The van der Waals surface area contributed by atoms with Crippen molar-refractivity contribution in [1.82, 2.24) is 4.72 Å². The quantitative estimate of drug-likeness (QED) is 0.788. The summed E-state index contributed by atoms with van der Waals surface area (Å²) < 4.78 is 28.4. The highest BCUT2D eigenvalue weighted by Gasteiger charge is 2.65. The molecule has 2 bridgehead atoms. The minimum absolute atomic E-state index is 0.0752. The Balaban J connectivity index is 1.39. The molecule has 2 saturated carbocycles. The number of Topliss-reactive ketones (excluding diaryl/α,β-unsaturated/α-hetero) is 1. The highest BCUT2D eigenvalue weighted by atomic mass is 32.2. The van der Waals surface area contributed by atoms with Crippen LogP contribution in [0.15, 0.2) is 24.3 Å². The van der Waals surface area contributed by atoms with E-state index in [1.807, 2.05) is 12.1 Å². The minimum Gasteiger partial charge on any atom is -0.372 e. The van der Waals surface area contributed by atoms with Crippen molar-refractivity contribution >= 4 is 21.5 Å². The largest absolute Gasteiger partial charge is 0.372 e. The molecule has 28 heavy (non-hydrogen) atoms. The topological polar surface area (TPSA) is 66.5 Å². The van der Waals surface area contributed by atoms with Crippen LogP contribution in [-0.2, 0) is 21.4 Å². The van der Waals surface area contributed by atoms with Crippen molar-refractivity contribution in [1.29, 1.82) is 0 Å². The van der Waals surface area contributed by atoms with Crippen LogP contribution in [-0.4, -0.2) is 33.0 Å². The number of ketones is 1. The van der Waals surface area contributed by atoms with E-state index in [1.165, 1.54) is 24.9 Å². The van der Waals surface area contributed by atoms with E-state index in [-0.39, 0.29) is 23.5 Å². The Morgan fingerprint density at radius 1 is 1.11 bits per heavy atom. The summed E-state index contributed by atoms with van der Waals surface area (Å²) in [6.45, 7) is 6.61. The van der Waals surface area contributed by atoms with Gasteiger partial charge in [0.15, 0.2) is 0 Å². The number of hydrogen-bond donors (Lipinski definition) is 1. The number of nitrogens with one attached hydrogen (secondary N) is 1. The second-order valence-corrected chi connectivity index (χ2v) is 11.3. The van der Waals surface area contributed by atoms with Gasteiger partial charge in [-0.05, 0) is 61.1 Å². The molecule has 1 heterocycles. The van der Waals surface area contributed by atoms with Crippen molar-refractivity contribution in [3.8, 4) is 0 Å². The van der Waals surface area contributed by atoms with Gasteiger partial charge in [0.25, 0.3) is 0 Å². The van der Waals surface area contributed by atoms with Gasteiger partial charge in [-0.25, -0.2) is 13.1 Å². The summed E-state index contributed by atoms with van der Waals surface area (Å²) in [4.78, 5) is 15.0. The molecule has 1 N–H and O–H groups in total. The van der Waals surface area contributed by atoms with Crippen molar-refractivity contribution < 1.29 is 13.2 Å². The third-order valence-corrected chi connectivity index (χ3v) is 9.19. The Hall–Kier alpha value is -1.40. The van der Waals surface area contributed by atoms with Gasteiger partial charge in [0.05, 0.1) is 5.75 Å². The van der Waals surface area contributed by atoms with Gasteiger partial charge in [0.1, 0.15) is 5.78 Å². The number of benzene rings is 1. The van der Waals surface area contributed by atoms with Crippen molar-refractivity contribution in [3.05, 3.63) is 29.8 Å². The maximum Gasteiger partial charge on any atom is 0.212 e. The molecule has 154 valence electrons. The molecule has 0 spiro atoms. The van der Waals surface area contributed by atoms with E-state index < -0.39 is 15.4 Å². The standard InChI is InChI=1S/C22H32N2O3S/c1-21(2)18-10-11-22(21,20(25)14-18)16-28(26,27)23-15-17-6-8-19(9-7-17)24-12-4-3-5-13-24/h6-9,18,23H,3-5,10-16H2,1-2H3. The fourth-order valence-electron chi connectivity index (χ4n) is 5.65. The van der Waals surface area contributed by atoms with Gasteiger partial charge >= 0.3 is 0 Å². The van der Waals surface area contributed by atoms with Crippen molar-refractivity contribution in [2.45, 2.75) is 58.9 Å². The van der Waals surface area contributed by atoms with Gasteiger partial charge in [-0.15, -0.1) is 0 Å². The van der Waals surface area contributed by atoms with Crippen LogP contribution >= 0.6 is 0 Å². The fourth-order valence-corrected chi connectivity index (χ4v) is 7.47. The lowest BCUT2D eigenvalue weighted by Crippen LogP contribution is -2.45. The number of carbonyl (C=O) groups excluding carboxylic acids is 1. The van der Waals surface area contributed by atoms with Crippen molar-refractivity contribution in [2.24, 2.45) is 16.7 Å². The predicted molar refractivity (Wildman–Crippen MR) is 112 cm³/mol. The lowest BCUT2D eigenvalue weighted by Gasteiger charge is -2.36. The summed E-state index contributed by atoms with van der Waals surface area (Å²) in [5, 5.41) is 0. The zero-order valence-corrected chi connectivity index (χ0v) is 17.9. The zero-order chi connectivity index (χ0) is 20.0. The molecule has 4 rings (SSSR count). The average molecular weight is 405 g/mol. The molecule has 2 aliphatic carbocycles. The first kappa shape index (κ1) is 19.9. The molecule has 3 aliphatic rings. The average Bonchev–Trinajstić information content (AvgIpc) is 3.01. The molecule has 2 unspecified atom stereocenters. The Bertz CT molecular complexity index is 841. The van der Waals surface area contributed by atoms with Gasteiger partial charge in [-0.1, -0.05) is 26.0 Å². The maximum atomic E-state index is 12.8. The van der Waals surface area contributed by atoms with Crippen molar-refractivity contribution in [3.63, 3.8) is 0 Å². The van der Waals surface area contributed by atoms with E-state index in [0.717, 1.165) is 25.1 Å². The van der Waals surface area contributed by atoms with Gasteiger partial charge in [0, 0.05) is 37.2 Å². The molecule has 1 aromatic rings. The lowest BCUT2D eigenvalue weighted by molar-refractivity contribution is -0.128. The predicted octanol–water partition coefficient (Wildman–Crippen LogP) is 3.49. The van der Waals surface area contributed by atoms with E-state index in [2.05, 4.69) is 35.6 Å². The lowest BCUT2D eigenvalue weighted by atomic mass is 9.70. The summed E-state index contributed by atoms with van der Waals surface area (Å²) in [6, 6.07) is 8.17. The van der Waals surface area contributed by atoms with Gasteiger partial charge in [-0.3, -0.25) is 4.79 Å². The van der Waals surface area contributed by atoms with E-state index in [1.54, 1.807) is 0 Å². The Morgan fingerprint density at radius 3 is 2.36 bits per heavy atom. The molecule has 6 heteroatoms. The summed E-state index contributed by atoms with van der Waals surface area (Å²) in [5.41, 5.74) is 1.22. The molecule has 2 atom stereocenters. The first-order valence-corrected chi connectivity index (χ1v) is 12.2. The number of carbonyl (C=O) groups is 1. The zero-order valence-electron chi connectivity index (χ0n) is 17.0. The van der Waals surface area contributed by atoms with Crippen LogP contribution in [0.25, 0.3) is 0 Å². The van der Waals surface area contributed by atoms with Crippen LogP contribution in [0, 0.1) is 16.7 Å². The minimum atomic E-state index is -3.52. The molecule has 1 aromatic carbocycles. The second kappa shape index (κ2) is 7.13. The summed E-state index contributed by atoms with van der Waals surface area (Å²) in [7, 11) is -3.52. The van der Waals surface area contributed by atoms with E-state index >= 15 is 0 Å². The van der Waals surface area contributed by atoms with E-state index in [4.69, 9.17) is 0 Å². The van der Waals surface area contributed by atoms with Gasteiger partial charge in [0.2, 0.25) is 10.0 Å². The van der Waals surface area contributed by atoms with Crippen LogP contribution in [0.5, 0.6) is 0 Å². The molecule has 0 aromatic heterocycles. The molecule has 0 amide bonds. The molecule has 5 nitrogen and oxygen atoms in total. The first-order chi connectivity index (χ1) is 13.2. The number of fused-ring (bicyclic) bond motifs is 2. The molecule has 1 aliphatic heterocycles. The highest BCUT2D eigenvalue weighted by Crippen LogP contribution is 2.64. The second-order valence-electron chi connectivity index (χ2n) is 9.46. The number of piperidine rings is 1. The van der Waals surface area contributed by atoms with Crippen molar-refractivity contribution in [2.75, 3.05) is 23.7 Å². The normalized spacial score (nSPS) is 29.4. The summed E-state index contributed by atoms with van der Waals surface area (Å²) in [6.07, 6.45) is 5.98. The Kier molecular flexibility index (Phi) is 5.07. The fraction of sp³-hybridized carbons (Fsp3) is 0.682. The molecule has 1 saturated heterocycles. The number of nitrogens with zero attached hydrogens (tertiary/aromatic N) is 1. The van der Waals surface area contributed by atoms with Crippen LogP contribution in [0.4, 0.5) is 5.69 Å². The third kappa shape index (κ3) is 3.39. The van der Waals surface area contributed by atoms with E-state index in [0.29, 0.717) is 18.8 Å². The monoisotopic (exact) mass is 404 g/mol. The third-order valence-electron chi connectivity index (χ3n) is 7.73. The summed E-state index contributed by atoms with van der Waals surface area (Å²) >= 11 is 0. The van der Waals surface area contributed by atoms with Gasteiger partial charge in [-0.2, -0.15) is 0 Å². The number of rotatable bonds is 6. The smallest absolute Gasteiger partial charge is 0.212 e. The van der Waals surface area contributed by atoms with Gasteiger partial charge < -0.3 is 4.90 Å².